The van der Waals surface area contributed by atoms with E-state index in [1.165, 1.54) is 6.07 Å². The van der Waals surface area contributed by atoms with Crippen LogP contribution in [-0.4, -0.2) is 15.7 Å². The van der Waals surface area contributed by atoms with Crippen LogP contribution in [0.3, 0.4) is 0 Å². The highest BCUT2D eigenvalue weighted by atomic mass is 32.2. The molecule has 3 N–H and O–H groups in total. The molecule has 0 saturated heterocycles. The summed E-state index contributed by atoms with van der Waals surface area (Å²) >= 11 is 0. The maximum Gasteiger partial charge on any atom is 0.573 e. The van der Waals surface area contributed by atoms with Crippen LogP contribution in [0.2, 0.25) is 0 Å². The first-order chi connectivity index (χ1) is 17.6. The molecule has 6 nitrogen and oxygen atoms in total. The number of rotatable bonds is 5. The van der Waals surface area contributed by atoms with E-state index >= 15 is 0 Å². The molecule has 190 valence electrons. The Morgan fingerprint density at radius 1 is 0.811 bits per heavy atom. The summed E-state index contributed by atoms with van der Waals surface area (Å²) in [5.41, 5.74) is 4.46. The van der Waals surface area contributed by atoms with Gasteiger partial charge >= 0.3 is 6.36 Å². The molecule has 0 saturated carbocycles. The van der Waals surface area contributed by atoms with Crippen molar-refractivity contribution in [1.29, 1.82) is 4.78 Å². The molecular formula is C27H22F3N3O3S. The summed E-state index contributed by atoms with van der Waals surface area (Å²) in [5.74, 6) is -0.708. The van der Waals surface area contributed by atoms with Gasteiger partial charge < -0.3 is 14.7 Å². The minimum Gasteiger partial charge on any atom is -0.504 e. The number of hydrogen-bond donors (Lipinski definition) is 3. The van der Waals surface area contributed by atoms with Crippen molar-refractivity contribution in [3.63, 3.8) is 0 Å². The largest absolute Gasteiger partial charge is 0.573 e. The van der Waals surface area contributed by atoms with Crippen molar-refractivity contribution in [2.45, 2.75) is 24.1 Å². The SMILES string of the molecule is N=S(=O)(Nc1cccc(N2c3ccccc3CCc3ccccc32)c1O)c1ccc(OC(F)(F)F)cc1. The van der Waals surface area contributed by atoms with E-state index in [0.29, 0.717) is 5.69 Å². The smallest absolute Gasteiger partial charge is 0.504 e. The Bertz CT molecular complexity index is 1510. The Kier molecular flexibility index (Phi) is 6.20. The fourth-order valence-electron chi connectivity index (χ4n) is 4.38. The monoisotopic (exact) mass is 525 g/mol. The third kappa shape index (κ3) is 5.05. The fraction of sp³-hybridized carbons (Fsp3) is 0.111. The zero-order valence-electron chi connectivity index (χ0n) is 19.3. The molecule has 5 rings (SSSR count). The van der Waals surface area contributed by atoms with Gasteiger partial charge in [-0.25, -0.2) is 8.99 Å². The van der Waals surface area contributed by atoms with Crippen LogP contribution >= 0.6 is 0 Å². The highest BCUT2D eigenvalue weighted by molar-refractivity contribution is 7.93. The summed E-state index contributed by atoms with van der Waals surface area (Å²) in [6, 6.07) is 24.9. The van der Waals surface area contributed by atoms with E-state index in [1.54, 1.807) is 12.1 Å². The number of ether oxygens (including phenoxy) is 1. The molecule has 0 fully saturated rings. The van der Waals surface area contributed by atoms with Gasteiger partial charge in [-0.1, -0.05) is 42.5 Å². The predicted molar refractivity (Wildman–Crippen MR) is 136 cm³/mol. The summed E-state index contributed by atoms with van der Waals surface area (Å²) in [4.78, 5) is 1.87. The van der Waals surface area contributed by atoms with Crippen molar-refractivity contribution < 1.29 is 27.2 Å². The minimum atomic E-state index is -4.86. The van der Waals surface area contributed by atoms with Gasteiger partial charge in [0.05, 0.1) is 16.3 Å². The number of halogens is 3. The maximum atomic E-state index is 13.2. The molecule has 1 aliphatic rings. The Balaban J connectivity index is 1.52. The molecule has 1 atom stereocenters. The number of para-hydroxylation sites is 3. The van der Waals surface area contributed by atoms with Gasteiger partial charge in [-0.15, -0.1) is 13.2 Å². The lowest BCUT2D eigenvalue weighted by Gasteiger charge is -2.28. The van der Waals surface area contributed by atoms with Crippen LogP contribution in [-0.2, 0) is 22.8 Å². The number of aryl methyl sites for hydroxylation is 2. The van der Waals surface area contributed by atoms with Crippen molar-refractivity contribution in [3.8, 4) is 11.5 Å². The average molecular weight is 526 g/mol. The first-order valence-electron chi connectivity index (χ1n) is 11.3. The van der Waals surface area contributed by atoms with Gasteiger partial charge in [-0.2, -0.15) is 0 Å². The molecule has 1 heterocycles. The highest BCUT2D eigenvalue weighted by Crippen LogP contribution is 2.47. The second kappa shape index (κ2) is 9.36. The van der Waals surface area contributed by atoms with E-state index in [0.717, 1.165) is 59.6 Å². The number of hydrogen-bond acceptors (Lipinski definition) is 5. The van der Waals surface area contributed by atoms with Crippen LogP contribution < -0.4 is 14.4 Å². The molecule has 37 heavy (non-hydrogen) atoms. The highest BCUT2D eigenvalue weighted by Gasteiger charge is 2.31. The molecule has 0 bridgehead atoms. The zero-order chi connectivity index (χ0) is 26.2. The second-order valence-electron chi connectivity index (χ2n) is 8.44. The number of benzene rings is 4. The predicted octanol–water partition coefficient (Wildman–Crippen LogP) is 7.29. The Morgan fingerprint density at radius 2 is 1.35 bits per heavy atom. The lowest BCUT2D eigenvalue weighted by atomic mass is 10.0. The van der Waals surface area contributed by atoms with E-state index in [4.69, 9.17) is 4.78 Å². The number of anilines is 4. The number of alkyl halides is 3. The maximum absolute atomic E-state index is 13.2. The Morgan fingerprint density at radius 3 is 1.92 bits per heavy atom. The van der Waals surface area contributed by atoms with Gasteiger partial charge in [0.25, 0.3) is 0 Å². The lowest BCUT2D eigenvalue weighted by Crippen LogP contribution is -2.17. The van der Waals surface area contributed by atoms with Gasteiger partial charge in [0.1, 0.15) is 5.75 Å². The minimum absolute atomic E-state index is 0.0485. The number of phenolic OH excluding ortho intramolecular Hbond substituents is 1. The zero-order valence-corrected chi connectivity index (χ0v) is 20.1. The number of nitrogens with zero attached hydrogens (tertiary/aromatic N) is 1. The quantitative estimate of drug-likeness (QED) is 0.239. The van der Waals surface area contributed by atoms with Crippen LogP contribution in [0.4, 0.5) is 35.9 Å². The van der Waals surface area contributed by atoms with Crippen LogP contribution in [0.5, 0.6) is 11.5 Å². The van der Waals surface area contributed by atoms with E-state index < -0.39 is 22.0 Å². The van der Waals surface area contributed by atoms with Crippen molar-refractivity contribution in [1.82, 2.24) is 0 Å². The normalized spacial score (nSPS) is 14.6. The second-order valence-corrected chi connectivity index (χ2v) is 10.2. The topological polar surface area (TPSA) is 85.7 Å². The summed E-state index contributed by atoms with van der Waals surface area (Å²) in [6.07, 6.45) is -3.23. The van der Waals surface area contributed by atoms with Crippen LogP contribution in [0.15, 0.2) is 95.9 Å². The van der Waals surface area contributed by atoms with E-state index in [2.05, 4.69) is 9.46 Å². The van der Waals surface area contributed by atoms with Gasteiger partial charge in [-0.05, 0) is 72.5 Å². The third-order valence-corrected chi connectivity index (χ3v) is 7.47. The van der Waals surface area contributed by atoms with Gasteiger partial charge in [-0.3, -0.25) is 4.72 Å². The van der Waals surface area contributed by atoms with Crippen LogP contribution in [0.1, 0.15) is 11.1 Å². The third-order valence-electron chi connectivity index (χ3n) is 6.03. The van der Waals surface area contributed by atoms with Gasteiger partial charge in [0.15, 0.2) is 15.7 Å². The van der Waals surface area contributed by atoms with Crippen molar-refractivity contribution in [3.05, 3.63) is 102 Å². The molecule has 1 unspecified atom stereocenters. The van der Waals surface area contributed by atoms with Crippen molar-refractivity contribution in [2.75, 3.05) is 9.62 Å². The fourth-order valence-corrected chi connectivity index (χ4v) is 5.49. The first kappa shape index (κ1) is 24.5. The molecule has 0 aromatic heterocycles. The van der Waals surface area contributed by atoms with E-state index in [-0.39, 0.29) is 16.3 Å². The molecule has 4 aromatic carbocycles. The Hall–Kier alpha value is -4.18. The number of phenols is 1. The number of nitrogens with one attached hydrogen (secondary N) is 2. The number of aromatic hydroxyl groups is 1. The van der Waals surface area contributed by atoms with Crippen LogP contribution in [0, 0.1) is 4.78 Å². The molecular weight excluding hydrogens is 503 g/mol. The van der Waals surface area contributed by atoms with Crippen molar-refractivity contribution >= 4 is 32.7 Å². The van der Waals surface area contributed by atoms with Gasteiger partial charge in [0, 0.05) is 11.4 Å². The summed E-state index contributed by atoms with van der Waals surface area (Å²) in [5, 5.41) is 11.3. The number of fused-ring (bicyclic) bond motifs is 2. The summed E-state index contributed by atoms with van der Waals surface area (Å²) in [7, 11) is -3.74. The van der Waals surface area contributed by atoms with E-state index in [1.807, 2.05) is 53.4 Å². The van der Waals surface area contributed by atoms with Crippen LogP contribution in [0.25, 0.3) is 0 Å². The standard InChI is InChI=1S/C27H22F3N3O3S/c28-27(29,30)36-20-14-16-21(17-15-20)37(31,35)32-22-8-5-11-25(26(22)34)33-23-9-3-1-6-18(23)12-13-19-7-2-4-10-24(19)33/h1-11,14-17,34H,12-13H2,(H2,31,32,35). The van der Waals surface area contributed by atoms with E-state index in [9.17, 15) is 22.5 Å². The average Bonchev–Trinajstić information content (AvgIpc) is 3.02. The first-order valence-corrected chi connectivity index (χ1v) is 12.9. The van der Waals surface area contributed by atoms with Gasteiger partial charge in [0.2, 0.25) is 0 Å². The lowest BCUT2D eigenvalue weighted by molar-refractivity contribution is -0.274. The molecule has 1 aliphatic heterocycles. The summed E-state index contributed by atoms with van der Waals surface area (Å²) in [6.45, 7) is 0. The molecule has 0 aliphatic carbocycles. The molecule has 10 heteroatoms. The molecule has 0 radical (unpaired) electrons. The Labute approximate surface area is 212 Å². The summed E-state index contributed by atoms with van der Waals surface area (Å²) < 4.78 is 65.3. The molecule has 4 aromatic rings. The molecule has 0 spiro atoms. The molecule has 0 amide bonds. The van der Waals surface area contributed by atoms with Crippen molar-refractivity contribution in [2.24, 2.45) is 0 Å².